The van der Waals surface area contributed by atoms with E-state index >= 15 is 0 Å². The molecular formula is C14H12Cl2N4. The second-order valence-electron chi connectivity index (χ2n) is 3.96. The van der Waals surface area contributed by atoms with E-state index in [1.54, 1.807) is 18.2 Å². The van der Waals surface area contributed by atoms with Crippen molar-refractivity contribution in [3.05, 3.63) is 69.7 Å². The van der Waals surface area contributed by atoms with Crippen molar-refractivity contribution in [1.29, 1.82) is 0 Å². The van der Waals surface area contributed by atoms with Crippen LogP contribution in [0.25, 0.3) is 0 Å². The Morgan fingerprint density at radius 1 is 0.850 bits per heavy atom. The molecule has 0 saturated heterocycles. The molecule has 102 valence electrons. The van der Waals surface area contributed by atoms with Crippen LogP contribution in [0.5, 0.6) is 0 Å². The Kier molecular flexibility index (Phi) is 4.61. The summed E-state index contributed by atoms with van der Waals surface area (Å²) in [5.74, 6) is -0.122. The largest absolute Gasteiger partial charge is 0.369 e. The first kappa shape index (κ1) is 14.4. The molecule has 0 saturated carbocycles. The molecular weight excluding hydrogens is 295 g/mol. The molecule has 4 nitrogen and oxygen atoms in total. The molecule has 4 N–H and O–H groups in total. The molecule has 0 aliphatic heterocycles. The van der Waals surface area contributed by atoms with Crippen LogP contribution in [-0.2, 0) is 0 Å². The van der Waals surface area contributed by atoms with Crippen LogP contribution < -0.4 is 11.5 Å². The standard InChI is InChI=1S/C14H12Cl2N4/c15-10-7-5-9(6-8-10)13(19-20-14(17)18)11-3-1-2-4-12(11)16/h1-8H,(H4,17,18,20)/b19-13-. The lowest BCUT2D eigenvalue weighted by molar-refractivity contribution is 1.20. The zero-order valence-electron chi connectivity index (χ0n) is 10.4. The molecule has 2 aromatic carbocycles. The lowest BCUT2D eigenvalue weighted by atomic mass is 10.0. The Balaban J connectivity index is 2.57. The molecule has 0 aromatic heterocycles. The van der Waals surface area contributed by atoms with Crippen LogP contribution in [0, 0.1) is 0 Å². The number of hydrogen-bond donors (Lipinski definition) is 2. The number of benzene rings is 2. The van der Waals surface area contributed by atoms with Crippen LogP contribution in [0.15, 0.2) is 58.7 Å². The molecule has 0 fully saturated rings. The Hall–Kier alpha value is -2.04. The predicted octanol–water partition coefficient (Wildman–Crippen LogP) is 3.02. The third kappa shape index (κ3) is 3.50. The van der Waals surface area contributed by atoms with Gasteiger partial charge in [-0.15, -0.1) is 10.2 Å². The predicted molar refractivity (Wildman–Crippen MR) is 84.4 cm³/mol. The van der Waals surface area contributed by atoms with Gasteiger partial charge in [0.15, 0.2) is 0 Å². The van der Waals surface area contributed by atoms with E-state index in [0.29, 0.717) is 15.8 Å². The van der Waals surface area contributed by atoms with Gasteiger partial charge in [-0.25, -0.2) is 0 Å². The van der Waals surface area contributed by atoms with Crippen molar-refractivity contribution in [3.63, 3.8) is 0 Å². The lowest BCUT2D eigenvalue weighted by Gasteiger charge is -2.07. The first-order valence-corrected chi connectivity index (χ1v) is 6.51. The quantitative estimate of drug-likeness (QED) is 0.519. The van der Waals surface area contributed by atoms with Crippen LogP contribution >= 0.6 is 23.2 Å². The molecule has 0 aliphatic carbocycles. The Bertz CT molecular complexity index is 659. The van der Waals surface area contributed by atoms with E-state index in [4.69, 9.17) is 34.7 Å². The van der Waals surface area contributed by atoms with E-state index in [0.717, 1.165) is 11.1 Å². The number of nitrogens with zero attached hydrogens (tertiary/aromatic N) is 2. The zero-order chi connectivity index (χ0) is 14.5. The normalized spacial score (nSPS) is 11.2. The SMILES string of the molecule is NC(N)=N/N=C(/c1ccc(Cl)cc1)c1ccccc1Cl. The van der Waals surface area contributed by atoms with Gasteiger partial charge in [0.2, 0.25) is 5.96 Å². The first-order chi connectivity index (χ1) is 9.58. The monoisotopic (exact) mass is 306 g/mol. The molecule has 0 radical (unpaired) electrons. The highest BCUT2D eigenvalue weighted by atomic mass is 35.5. The fraction of sp³-hybridized carbons (Fsp3) is 0. The molecule has 0 unspecified atom stereocenters. The van der Waals surface area contributed by atoms with Crippen molar-refractivity contribution in [3.8, 4) is 0 Å². The zero-order valence-corrected chi connectivity index (χ0v) is 11.9. The van der Waals surface area contributed by atoms with Gasteiger partial charge >= 0.3 is 0 Å². The topological polar surface area (TPSA) is 76.8 Å². The summed E-state index contributed by atoms with van der Waals surface area (Å²) >= 11 is 12.1. The fourth-order valence-corrected chi connectivity index (χ4v) is 1.99. The van der Waals surface area contributed by atoms with Gasteiger partial charge in [-0.2, -0.15) is 0 Å². The minimum Gasteiger partial charge on any atom is -0.369 e. The van der Waals surface area contributed by atoms with Gasteiger partial charge in [0, 0.05) is 16.1 Å². The first-order valence-electron chi connectivity index (χ1n) is 5.75. The van der Waals surface area contributed by atoms with Crippen molar-refractivity contribution in [2.45, 2.75) is 0 Å². The third-order valence-corrected chi connectivity index (χ3v) is 3.09. The molecule has 0 atom stereocenters. The summed E-state index contributed by atoms with van der Waals surface area (Å²) in [6.45, 7) is 0. The van der Waals surface area contributed by atoms with E-state index in [-0.39, 0.29) is 5.96 Å². The van der Waals surface area contributed by atoms with Gasteiger partial charge < -0.3 is 11.5 Å². The third-order valence-electron chi connectivity index (χ3n) is 2.51. The van der Waals surface area contributed by atoms with Gasteiger partial charge in [0.25, 0.3) is 0 Å². The number of hydrogen-bond acceptors (Lipinski definition) is 2. The van der Waals surface area contributed by atoms with E-state index in [1.165, 1.54) is 0 Å². The molecule has 2 rings (SSSR count). The Labute approximate surface area is 126 Å². The highest BCUT2D eigenvalue weighted by Crippen LogP contribution is 2.21. The van der Waals surface area contributed by atoms with E-state index in [9.17, 15) is 0 Å². The van der Waals surface area contributed by atoms with Gasteiger partial charge in [-0.1, -0.05) is 53.5 Å². The number of nitrogens with two attached hydrogens (primary N) is 2. The second-order valence-corrected chi connectivity index (χ2v) is 4.80. The van der Waals surface area contributed by atoms with Crippen molar-refractivity contribution in [2.75, 3.05) is 0 Å². The van der Waals surface area contributed by atoms with Crippen molar-refractivity contribution >= 4 is 34.9 Å². The van der Waals surface area contributed by atoms with E-state index < -0.39 is 0 Å². The smallest absolute Gasteiger partial charge is 0.211 e. The molecule has 2 aromatic rings. The maximum absolute atomic E-state index is 6.20. The molecule has 6 heteroatoms. The Morgan fingerprint density at radius 3 is 2.10 bits per heavy atom. The van der Waals surface area contributed by atoms with Gasteiger partial charge in [-0.3, -0.25) is 0 Å². The molecule has 0 amide bonds. The summed E-state index contributed by atoms with van der Waals surface area (Å²) in [5, 5.41) is 8.99. The summed E-state index contributed by atoms with van der Waals surface area (Å²) < 4.78 is 0. The minimum atomic E-state index is -0.122. The minimum absolute atomic E-state index is 0.122. The highest BCUT2D eigenvalue weighted by Gasteiger charge is 2.10. The summed E-state index contributed by atoms with van der Waals surface area (Å²) in [6.07, 6.45) is 0. The summed E-state index contributed by atoms with van der Waals surface area (Å²) in [7, 11) is 0. The van der Waals surface area contributed by atoms with Crippen LogP contribution in [0.1, 0.15) is 11.1 Å². The Morgan fingerprint density at radius 2 is 1.50 bits per heavy atom. The van der Waals surface area contributed by atoms with Gasteiger partial charge in [0.05, 0.1) is 5.02 Å². The van der Waals surface area contributed by atoms with Crippen LogP contribution in [0.2, 0.25) is 10.0 Å². The van der Waals surface area contributed by atoms with Crippen molar-refractivity contribution in [1.82, 2.24) is 0 Å². The molecule has 0 bridgehead atoms. The average molecular weight is 307 g/mol. The van der Waals surface area contributed by atoms with Gasteiger partial charge in [-0.05, 0) is 18.2 Å². The lowest BCUT2D eigenvalue weighted by Crippen LogP contribution is -2.22. The van der Waals surface area contributed by atoms with Crippen LogP contribution in [0.3, 0.4) is 0 Å². The summed E-state index contributed by atoms with van der Waals surface area (Å²) in [5.41, 5.74) is 12.8. The number of rotatable bonds is 3. The molecule has 20 heavy (non-hydrogen) atoms. The van der Waals surface area contributed by atoms with Crippen LogP contribution in [0.4, 0.5) is 0 Å². The molecule has 0 spiro atoms. The van der Waals surface area contributed by atoms with Crippen LogP contribution in [-0.4, -0.2) is 11.7 Å². The van der Waals surface area contributed by atoms with E-state index in [2.05, 4.69) is 10.2 Å². The maximum atomic E-state index is 6.20. The number of halogens is 2. The second kappa shape index (κ2) is 6.41. The highest BCUT2D eigenvalue weighted by molar-refractivity contribution is 6.35. The van der Waals surface area contributed by atoms with Crippen molar-refractivity contribution < 1.29 is 0 Å². The summed E-state index contributed by atoms with van der Waals surface area (Å²) in [4.78, 5) is 0. The molecule has 0 aliphatic rings. The maximum Gasteiger partial charge on any atom is 0.211 e. The fourth-order valence-electron chi connectivity index (χ4n) is 1.64. The van der Waals surface area contributed by atoms with E-state index in [1.807, 2.05) is 30.3 Å². The van der Waals surface area contributed by atoms with Gasteiger partial charge in [0.1, 0.15) is 5.71 Å². The number of guanidine groups is 1. The summed E-state index contributed by atoms with van der Waals surface area (Å²) in [6, 6.07) is 14.5. The average Bonchev–Trinajstić information content (AvgIpc) is 2.42. The molecule has 0 heterocycles. The van der Waals surface area contributed by atoms with Crippen molar-refractivity contribution in [2.24, 2.45) is 21.7 Å².